The molecule has 0 atom stereocenters. The Balaban J connectivity index is 3.26. The van der Waals surface area contributed by atoms with E-state index in [4.69, 9.17) is 4.74 Å². The van der Waals surface area contributed by atoms with Gasteiger partial charge in [0.15, 0.2) is 0 Å². The molecule has 0 spiro atoms. The molecule has 0 saturated carbocycles. The predicted octanol–water partition coefficient (Wildman–Crippen LogP) is 1.40. The van der Waals surface area contributed by atoms with Crippen LogP contribution in [0, 0.1) is 0 Å². The van der Waals surface area contributed by atoms with Crippen LogP contribution in [0.2, 0.25) is 13.3 Å². The average molecular weight is 331 g/mol. The van der Waals surface area contributed by atoms with Crippen LogP contribution in [-0.2, 0) is 0 Å². The van der Waals surface area contributed by atoms with Crippen molar-refractivity contribution in [3.8, 4) is 5.75 Å². The van der Waals surface area contributed by atoms with Crippen molar-refractivity contribution in [2.24, 2.45) is 0 Å². The molecule has 4 heteroatoms. The molecule has 1 aromatic carbocycles. The van der Waals surface area contributed by atoms with Gasteiger partial charge < -0.3 is 0 Å². The zero-order valence-electron chi connectivity index (χ0n) is 10.6. The van der Waals surface area contributed by atoms with E-state index >= 15 is 0 Å². The van der Waals surface area contributed by atoms with Crippen molar-refractivity contribution in [2.75, 3.05) is 6.61 Å². The van der Waals surface area contributed by atoms with Crippen LogP contribution in [0.15, 0.2) is 9.59 Å². The molecular formula is C12H20O3Sn. The van der Waals surface area contributed by atoms with Crippen LogP contribution < -0.4 is 19.2 Å². The minimum absolute atomic E-state index is 0.246. The molecule has 1 rings (SSSR count). The molecule has 16 heavy (non-hydrogen) atoms. The Bertz CT molecular complexity index is 417. The topological polar surface area (TPSA) is 43.4 Å². The predicted molar refractivity (Wildman–Crippen MR) is 69.4 cm³/mol. The van der Waals surface area contributed by atoms with E-state index in [1.165, 1.54) is 0 Å². The van der Waals surface area contributed by atoms with Crippen LogP contribution in [0.1, 0.15) is 27.7 Å². The van der Waals surface area contributed by atoms with Gasteiger partial charge in [-0.15, -0.1) is 0 Å². The second kappa shape index (κ2) is 5.34. The van der Waals surface area contributed by atoms with E-state index in [9.17, 15) is 9.59 Å². The van der Waals surface area contributed by atoms with E-state index in [1.54, 1.807) is 0 Å². The Morgan fingerprint density at radius 1 is 0.938 bits per heavy atom. The Labute approximate surface area is 100 Å². The Morgan fingerprint density at radius 3 is 1.81 bits per heavy atom. The van der Waals surface area contributed by atoms with Gasteiger partial charge >= 0.3 is 101 Å². The molecule has 0 radical (unpaired) electrons. The summed E-state index contributed by atoms with van der Waals surface area (Å²) in [6.07, 6.45) is 0. The average Bonchev–Trinajstić information content (AvgIpc) is 2.34. The van der Waals surface area contributed by atoms with Gasteiger partial charge in [-0.2, -0.15) is 0 Å². The van der Waals surface area contributed by atoms with Gasteiger partial charge in [-0.05, 0) is 0 Å². The van der Waals surface area contributed by atoms with Crippen LogP contribution in [0.4, 0.5) is 0 Å². The second-order valence-corrected chi connectivity index (χ2v) is 18.9. The van der Waals surface area contributed by atoms with Crippen LogP contribution >= 0.6 is 0 Å². The van der Waals surface area contributed by atoms with Gasteiger partial charge in [0, 0.05) is 0 Å². The third kappa shape index (κ3) is 1.94. The summed E-state index contributed by atoms with van der Waals surface area (Å²) >= 11 is -2.57. The maximum atomic E-state index is 11.7. The van der Waals surface area contributed by atoms with E-state index in [0.29, 0.717) is 12.4 Å². The van der Waals surface area contributed by atoms with Gasteiger partial charge in [0.25, 0.3) is 0 Å². The van der Waals surface area contributed by atoms with E-state index in [-0.39, 0.29) is 5.43 Å². The third-order valence-electron chi connectivity index (χ3n) is 3.72. The Kier molecular flexibility index (Phi) is 4.59. The number of rotatable bonds is 6. The van der Waals surface area contributed by atoms with Gasteiger partial charge in [-0.25, -0.2) is 0 Å². The summed E-state index contributed by atoms with van der Waals surface area (Å²) in [5.74, 6) is 0.411. The standard InChI is InChI=1S/C6H5O3.3C2H5.Sn/c1-2-9-5-3-4(7)6(5)8;3*1-2;/h2H2,1H3;3*1H2,2H3;. The number of ether oxygens (including phenoxy) is 1. The summed E-state index contributed by atoms with van der Waals surface area (Å²) in [7, 11) is 0. The van der Waals surface area contributed by atoms with E-state index in [2.05, 4.69) is 20.8 Å². The van der Waals surface area contributed by atoms with Gasteiger partial charge in [0.2, 0.25) is 0 Å². The van der Waals surface area contributed by atoms with Crippen molar-refractivity contribution in [3.05, 3.63) is 20.4 Å². The second-order valence-electron chi connectivity index (χ2n) is 4.14. The molecule has 0 heterocycles. The summed E-state index contributed by atoms with van der Waals surface area (Å²) in [4.78, 5) is 23.2. The summed E-state index contributed by atoms with van der Waals surface area (Å²) in [6, 6.07) is 0. The molecule has 3 nitrogen and oxygen atoms in total. The summed E-state index contributed by atoms with van der Waals surface area (Å²) in [6.45, 7) is 8.76. The van der Waals surface area contributed by atoms with Gasteiger partial charge in [-0.1, -0.05) is 0 Å². The molecule has 0 fully saturated rings. The van der Waals surface area contributed by atoms with Crippen molar-refractivity contribution in [1.29, 1.82) is 0 Å². The minimum atomic E-state index is -2.57. The van der Waals surface area contributed by atoms with E-state index in [1.807, 2.05) is 6.92 Å². The van der Waals surface area contributed by atoms with Crippen LogP contribution in [-0.4, -0.2) is 25.0 Å². The summed E-state index contributed by atoms with van der Waals surface area (Å²) in [5.41, 5.74) is -0.641. The fourth-order valence-corrected chi connectivity index (χ4v) is 13.3. The molecule has 0 aliphatic heterocycles. The Hall–Kier alpha value is -0.321. The van der Waals surface area contributed by atoms with Crippen molar-refractivity contribution in [1.82, 2.24) is 0 Å². The fraction of sp³-hybridized carbons (Fsp3) is 0.667. The van der Waals surface area contributed by atoms with Crippen LogP contribution in [0.25, 0.3) is 0 Å². The molecule has 0 unspecified atom stereocenters. The maximum absolute atomic E-state index is 11.7. The van der Waals surface area contributed by atoms with Crippen molar-refractivity contribution in [3.63, 3.8) is 0 Å². The molecule has 0 bridgehead atoms. The van der Waals surface area contributed by atoms with E-state index < -0.39 is 23.8 Å². The zero-order chi connectivity index (χ0) is 12.3. The molecule has 0 aliphatic carbocycles. The summed E-state index contributed by atoms with van der Waals surface area (Å²) < 4.78 is 9.42. The number of hydrogen-bond donors (Lipinski definition) is 0. The van der Waals surface area contributed by atoms with Gasteiger partial charge in [0.1, 0.15) is 0 Å². The number of hydrogen-bond acceptors (Lipinski definition) is 3. The Morgan fingerprint density at radius 2 is 1.44 bits per heavy atom. The first-order valence-corrected chi connectivity index (χ1v) is 13.5. The fourth-order valence-electron chi connectivity index (χ4n) is 2.41. The van der Waals surface area contributed by atoms with Crippen molar-refractivity contribution >= 4 is 22.0 Å². The molecular weight excluding hydrogens is 311 g/mol. The molecule has 0 saturated heterocycles. The SMILES string of the molecule is CCOc1[c]([Sn]([CH2]C)([CH2]C)[CH2]C)c(=O)c1=O. The van der Waals surface area contributed by atoms with Gasteiger partial charge in [-0.3, -0.25) is 0 Å². The first kappa shape index (κ1) is 13.7. The monoisotopic (exact) mass is 332 g/mol. The quantitative estimate of drug-likeness (QED) is 0.585. The third-order valence-corrected chi connectivity index (χ3v) is 19.6. The molecule has 90 valence electrons. The first-order valence-electron chi connectivity index (χ1n) is 6.04. The molecule has 0 aliphatic rings. The van der Waals surface area contributed by atoms with Crippen molar-refractivity contribution < 1.29 is 4.74 Å². The van der Waals surface area contributed by atoms with E-state index in [0.717, 1.165) is 16.9 Å². The molecule has 1 aromatic rings. The van der Waals surface area contributed by atoms with Gasteiger partial charge in [0.05, 0.1) is 0 Å². The zero-order valence-corrected chi connectivity index (χ0v) is 13.4. The van der Waals surface area contributed by atoms with Crippen LogP contribution in [0.3, 0.4) is 0 Å². The summed E-state index contributed by atoms with van der Waals surface area (Å²) in [5, 5.41) is 0. The molecule has 0 amide bonds. The first-order chi connectivity index (χ1) is 7.57. The normalized spacial score (nSPS) is 12.0. The van der Waals surface area contributed by atoms with Crippen molar-refractivity contribution in [2.45, 2.75) is 41.0 Å². The molecule has 0 aromatic heterocycles. The van der Waals surface area contributed by atoms with Crippen LogP contribution in [0.5, 0.6) is 5.75 Å². The molecule has 0 N–H and O–H groups in total.